The number of carbonyl (C=O) groups is 5. The highest BCUT2D eigenvalue weighted by Gasteiger charge is 2.40. The summed E-state index contributed by atoms with van der Waals surface area (Å²) < 4.78 is 5.21. The zero-order chi connectivity index (χ0) is 26.1. The number of hydrogen-bond acceptors (Lipinski definition) is 7. The summed E-state index contributed by atoms with van der Waals surface area (Å²) in [6.45, 7) is 10.9. The van der Waals surface area contributed by atoms with Crippen molar-refractivity contribution in [1.82, 2.24) is 10.6 Å². The summed E-state index contributed by atoms with van der Waals surface area (Å²) in [7, 11) is 0. The second kappa shape index (κ2) is 12.7. The Kier molecular flexibility index (Phi) is 10.9. The molecular formula is C25H41N3O6. The second-order valence-corrected chi connectivity index (χ2v) is 10.4. The lowest BCUT2D eigenvalue weighted by atomic mass is 9.73. The molecule has 0 aromatic rings. The average Bonchev–Trinajstić information content (AvgIpc) is 2.69. The number of nitrogens with two attached hydrogens (primary N) is 1. The summed E-state index contributed by atoms with van der Waals surface area (Å²) in [6.07, 6.45) is 2.99. The van der Waals surface area contributed by atoms with Gasteiger partial charge in [-0.25, -0.2) is 0 Å². The lowest BCUT2D eigenvalue weighted by molar-refractivity contribution is -0.155. The van der Waals surface area contributed by atoms with Crippen LogP contribution in [-0.2, 0) is 28.7 Å². The van der Waals surface area contributed by atoms with E-state index in [4.69, 9.17) is 10.5 Å². The third kappa shape index (κ3) is 10.1. The maximum absolute atomic E-state index is 12.3. The van der Waals surface area contributed by atoms with Crippen LogP contribution in [-0.4, -0.2) is 47.5 Å². The van der Waals surface area contributed by atoms with Crippen molar-refractivity contribution in [1.29, 1.82) is 0 Å². The number of ether oxygens (including phenoxy) is 1. The van der Waals surface area contributed by atoms with Gasteiger partial charge in [-0.3, -0.25) is 24.0 Å². The molecule has 0 spiro atoms. The van der Waals surface area contributed by atoms with Crippen LogP contribution in [0.2, 0.25) is 0 Å². The van der Waals surface area contributed by atoms with Gasteiger partial charge in [-0.1, -0.05) is 0 Å². The molecule has 9 heteroatoms. The molecule has 1 aliphatic carbocycles. The van der Waals surface area contributed by atoms with Gasteiger partial charge in [0.1, 0.15) is 23.2 Å². The van der Waals surface area contributed by atoms with Crippen molar-refractivity contribution >= 4 is 29.4 Å². The fraction of sp³-hybridized carbons (Fsp3) is 0.720. The molecular weight excluding hydrogens is 438 g/mol. The third-order valence-corrected chi connectivity index (χ3v) is 5.85. The largest absolute Gasteiger partial charge is 0.460 e. The lowest BCUT2D eigenvalue weighted by Gasteiger charge is -2.29. The molecule has 1 rings (SSSR count). The van der Waals surface area contributed by atoms with Crippen molar-refractivity contribution in [3.63, 3.8) is 0 Å². The molecule has 4 N–H and O–H groups in total. The number of hydrogen-bond donors (Lipinski definition) is 3. The predicted molar refractivity (Wildman–Crippen MR) is 128 cm³/mol. The van der Waals surface area contributed by atoms with Gasteiger partial charge in [-0.05, 0) is 72.8 Å². The maximum Gasteiger partial charge on any atom is 0.306 e. The summed E-state index contributed by atoms with van der Waals surface area (Å²) in [6, 6.07) is -0.628. The zero-order valence-electron chi connectivity index (χ0n) is 21.5. The van der Waals surface area contributed by atoms with Crippen LogP contribution < -0.4 is 16.4 Å². The van der Waals surface area contributed by atoms with E-state index in [0.29, 0.717) is 43.5 Å². The molecule has 1 unspecified atom stereocenters. The standard InChI is InChI=1S/C25H41N3O6/c1-16(17-14-19(29)25(5,6)20(30)15-17)28-18(23(26)33)10-7-8-13-27-21(31)11-9-12-22(32)34-24(2,3)4/h18,28H,7-15H2,1-6H3,(H2,26,33)(H,27,31). The fourth-order valence-corrected chi connectivity index (χ4v) is 3.54. The van der Waals surface area contributed by atoms with Crippen LogP contribution in [0.4, 0.5) is 0 Å². The molecule has 1 fully saturated rings. The number of primary amides is 1. The summed E-state index contributed by atoms with van der Waals surface area (Å²) in [5.41, 5.74) is 5.36. The summed E-state index contributed by atoms with van der Waals surface area (Å²) in [5, 5.41) is 5.88. The van der Waals surface area contributed by atoms with Crippen molar-refractivity contribution in [3.05, 3.63) is 11.3 Å². The number of amides is 2. The number of carbonyl (C=O) groups excluding carboxylic acids is 5. The van der Waals surface area contributed by atoms with Gasteiger partial charge in [0.2, 0.25) is 11.8 Å². The van der Waals surface area contributed by atoms with Gasteiger partial charge in [0, 0.05) is 37.9 Å². The molecule has 2 amide bonds. The molecule has 192 valence electrons. The molecule has 0 aromatic heterocycles. The first-order valence-corrected chi connectivity index (χ1v) is 11.9. The third-order valence-electron chi connectivity index (χ3n) is 5.85. The summed E-state index contributed by atoms with van der Waals surface area (Å²) in [4.78, 5) is 60.0. The van der Waals surface area contributed by atoms with Crippen molar-refractivity contribution in [2.75, 3.05) is 6.54 Å². The smallest absolute Gasteiger partial charge is 0.306 e. The van der Waals surface area contributed by atoms with E-state index in [1.807, 2.05) is 0 Å². The molecule has 0 saturated heterocycles. The molecule has 34 heavy (non-hydrogen) atoms. The molecule has 1 atom stereocenters. The van der Waals surface area contributed by atoms with Crippen molar-refractivity contribution < 1.29 is 28.7 Å². The van der Waals surface area contributed by atoms with Crippen LogP contribution in [0.3, 0.4) is 0 Å². The molecule has 0 radical (unpaired) electrons. The monoisotopic (exact) mass is 479 g/mol. The first kappa shape index (κ1) is 29.3. The Hall–Kier alpha value is -2.71. The molecule has 0 bridgehead atoms. The van der Waals surface area contributed by atoms with E-state index in [2.05, 4.69) is 10.6 Å². The highest BCUT2D eigenvalue weighted by atomic mass is 16.6. The Morgan fingerprint density at radius 1 is 1.03 bits per heavy atom. The number of rotatable bonds is 12. The first-order chi connectivity index (χ1) is 15.6. The quantitative estimate of drug-likeness (QED) is 0.221. The normalized spacial score (nSPS) is 16.6. The minimum absolute atomic E-state index is 0.127. The van der Waals surface area contributed by atoms with E-state index >= 15 is 0 Å². The number of Topliss-reactive ketones (excluding diaryl/α,β-unsaturated/α-hetero) is 2. The number of unbranched alkanes of at least 4 members (excludes halogenated alkanes) is 1. The van der Waals surface area contributed by atoms with E-state index in [1.54, 1.807) is 41.5 Å². The second-order valence-electron chi connectivity index (χ2n) is 10.4. The van der Waals surface area contributed by atoms with Gasteiger partial charge in [-0.15, -0.1) is 0 Å². The molecule has 0 heterocycles. The van der Waals surface area contributed by atoms with E-state index < -0.39 is 23.0 Å². The van der Waals surface area contributed by atoms with Gasteiger partial charge >= 0.3 is 5.97 Å². The van der Waals surface area contributed by atoms with Gasteiger partial charge in [-0.2, -0.15) is 0 Å². The Morgan fingerprint density at radius 3 is 2.15 bits per heavy atom. The minimum atomic E-state index is -0.965. The number of allylic oxidation sites excluding steroid dienone is 2. The highest BCUT2D eigenvalue weighted by Crippen LogP contribution is 2.33. The van der Waals surface area contributed by atoms with Crippen LogP contribution in [0.15, 0.2) is 11.3 Å². The molecule has 9 nitrogen and oxygen atoms in total. The van der Waals surface area contributed by atoms with E-state index in [-0.39, 0.29) is 49.1 Å². The Labute approximate surface area is 202 Å². The number of esters is 1. The van der Waals surface area contributed by atoms with E-state index in [0.717, 1.165) is 0 Å². The predicted octanol–water partition coefficient (Wildman–Crippen LogP) is 2.46. The fourth-order valence-electron chi connectivity index (χ4n) is 3.54. The average molecular weight is 480 g/mol. The molecule has 1 aliphatic rings. The summed E-state index contributed by atoms with van der Waals surface area (Å²) in [5.74, 6) is -1.22. The maximum atomic E-state index is 12.3. The molecule has 1 saturated carbocycles. The molecule has 0 aliphatic heterocycles. The van der Waals surface area contributed by atoms with E-state index in [1.165, 1.54) is 0 Å². The lowest BCUT2D eigenvalue weighted by Crippen LogP contribution is -2.42. The number of nitrogens with one attached hydrogen (secondary N) is 2. The minimum Gasteiger partial charge on any atom is -0.460 e. The summed E-state index contributed by atoms with van der Waals surface area (Å²) >= 11 is 0. The Morgan fingerprint density at radius 2 is 1.62 bits per heavy atom. The molecule has 0 aromatic carbocycles. The van der Waals surface area contributed by atoms with Gasteiger partial charge in [0.15, 0.2) is 0 Å². The van der Waals surface area contributed by atoms with Crippen LogP contribution in [0.5, 0.6) is 0 Å². The van der Waals surface area contributed by atoms with Crippen LogP contribution >= 0.6 is 0 Å². The Balaban J connectivity index is 2.37. The van der Waals surface area contributed by atoms with Crippen LogP contribution in [0.1, 0.15) is 92.9 Å². The highest BCUT2D eigenvalue weighted by molar-refractivity contribution is 6.10. The van der Waals surface area contributed by atoms with Crippen LogP contribution in [0.25, 0.3) is 0 Å². The van der Waals surface area contributed by atoms with Gasteiger partial charge in [0.25, 0.3) is 0 Å². The van der Waals surface area contributed by atoms with Crippen molar-refractivity contribution in [3.8, 4) is 0 Å². The number of ketones is 2. The van der Waals surface area contributed by atoms with Gasteiger partial charge in [0.05, 0.1) is 5.41 Å². The zero-order valence-corrected chi connectivity index (χ0v) is 21.5. The first-order valence-electron chi connectivity index (χ1n) is 11.9. The Bertz CT molecular complexity index is 801. The SMILES string of the molecule is CC(NC(CCCCNC(=O)CCCC(=O)OC(C)(C)C)C(N)=O)=C1CC(=O)C(C)(C)C(=O)C1. The van der Waals surface area contributed by atoms with Crippen molar-refractivity contribution in [2.45, 2.75) is 105 Å². The topological polar surface area (TPSA) is 145 Å². The van der Waals surface area contributed by atoms with Crippen molar-refractivity contribution in [2.24, 2.45) is 11.1 Å². The van der Waals surface area contributed by atoms with Gasteiger partial charge < -0.3 is 21.1 Å². The van der Waals surface area contributed by atoms with E-state index in [9.17, 15) is 24.0 Å². The van der Waals surface area contributed by atoms with Crippen LogP contribution in [0, 0.1) is 5.41 Å².